The van der Waals surface area contributed by atoms with Gasteiger partial charge in [-0.2, -0.15) is 0 Å². The second-order valence-electron chi connectivity index (χ2n) is 7.19. The number of fused-ring (bicyclic) bond motifs is 1. The van der Waals surface area contributed by atoms with Crippen molar-refractivity contribution in [3.8, 4) is 17.2 Å². The average Bonchev–Trinajstić information content (AvgIpc) is 3.24. The molecule has 31 heavy (non-hydrogen) atoms. The molecule has 0 spiro atoms. The number of carbonyl (C=O) groups is 2. The lowest BCUT2D eigenvalue weighted by atomic mass is 10.1. The van der Waals surface area contributed by atoms with Gasteiger partial charge in [-0.25, -0.2) is 4.79 Å². The minimum atomic E-state index is -0.947. The summed E-state index contributed by atoms with van der Waals surface area (Å²) >= 11 is 0. The zero-order chi connectivity index (χ0) is 22.4. The second kappa shape index (κ2) is 10.0. The first-order valence-corrected chi connectivity index (χ1v) is 10.1. The van der Waals surface area contributed by atoms with Gasteiger partial charge < -0.3 is 24.3 Å². The Morgan fingerprint density at radius 3 is 2.32 bits per heavy atom. The van der Waals surface area contributed by atoms with Crippen molar-refractivity contribution >= 4 is 23.6 Å². The Bertz CT molecular complexity index is 998. The lowest BCUT2D eigenvalue weighted by Gasteiger charge is -2.14. The third kappa shape index (κ3) is 5.36. The standard InChI is InChI=1S/C24H27NO6/c1-15(24(27)25-19-10-8-16-6-5-7-17(16)12-19)31-23(26)11-9-18-13-21(29-3)22(30-4)14-20(18)28-2/h8-15H,5-7H2,1-4H3,(H,25,27)/b11-9+/t15-/m0/s1. The van der Waals surface area contributed by atoms with Crippen molar-refractivity contribution in [1.82, 2.24) is 0 Å². The molecule has 0 radical (unpaired) electrons. The molecule has 0 bridgehead atoms. The molecular weight excluding hydrogens is 398 g/mol. The number of amides is 1. The topological polar surface area (TPSA) is 83.1 Å². The SMILES string of the molecule is COc1cc(OC)c(OC)cc1/C=C/C(=O)O[C@@H](C)C(=O)Nc1ccc2c(c1)CCC2. The lowest BCUT2D eigenvalue weighted by molar-refractivity contribution is -0.148. The molecule has 0 heterocycles. The van der Waals surface area contributed by atoms with E-state index < -0.39 is 12.1 Å². The van der Waals surface area contributed by atoms with E-state index in [2.05, 4.69) is 5.32 Å². The molecule has 0 aliphatic heterocycles. The lowest BCUT2D eigenvalue weighted by Crippen LogP contribution is -2.29. The number of benzene rings is 2. The predicted molar refractivity (Wildman–Crippen MR) is 118 cm³/mol. The van der Waals surface area contributed by atoms with E-state index in [4.69, 9.17) is 18.9 Å². The van der Waals surface area contributed by atoms with Crippen LogP contribution in [0.15, 0.2) is 36.4 Å². The number of hydrogen-bond acceptors (Lipinski definition) is 6. The van der Waals surface area contributed by atoms with Gasteiger partial charge in [0.1, 0.15) is 5.75 Å². The molecule has 0 aromatic heterocycles. The Morgan fingerprint density at radius 2 is 1.61 bits per heavy atom. The molecular formula is C24H27NO6. The van der Waals surface area contributed by atoms with Crippen LogP contribution in [0.5, 0.6) is 17.2 Å². The van der Waals surface area contributed by atoms with E-state index in [1.807, 2.05) is 18.2 Å². The van der Waals surface area contributed by atoms with Gasteiger partial charge in [-0.15, -0.1) is 0 Å². The third-order valence-electron chi connectivity index (χ3n) is 5.16. The Morgan fingerprint density at radius 1 is 0.935 bits per heavy atom. The molecule has 0 saturated carbocycles. The molecule has 1 amide bonds. The van der Waals surface area contributed by atoms with Crippen molar-refractivity contribution in [3.63, 3.8) is 0 Å². The van der Waals surface area contributed by atoms with Gasteiger partial charge in [0.15, 0.2) is 17.6 Å². The molecule has 1 atom stereocenters. The summed E-state index contributed by atoms with van der Waals surface area (Å²) in [5.41, 5.74) is 3.90. The van der Waals surface area contributed by atoms with Crippen molar-refractivity contribution < 1.29 is 28.5 Å². The smallest absolute Gasteiger partial charge is 0.331 e. The highest BCUT2D eigenvalue weighted by Gasteiger charge is 2.18. The highest BCUT2D eigenvalue weighted by Crippen LogP contribution is 2.35. The fourth-order valence-electron chi connectivity index (χ4n) is 3.50. The van der Waals surface area contributed by atoms with Crippen LogP contribution in [0, 0.1) is 0 Å². The highest BCUT2D eigenvalue weighted by molar-refractivity contribution is 5.96. The van der Waals surface area contributed by atoms with E-state index in [-0.39, 0.29) is 5.91 Å². The summed E-state index contributed by atoms with van der Waals surface area (Å²) in [5.74, 6) is 0.482. The predicted octanol–water partition coefficient (Wildman–Crippen LogP) is 3.78. The van der Waals surface area contributed by atoms with Crippen molar-refractivity contribution in [2.24, 2.45) is 0 Å². The number of esters is 1. The molecule has 1 aliphatic rings. The number of methoxy groups -OCH3 is 3. The summed E-state index contributed by atoms with van der Waals surface area (Å²) in [6.07, 6.45) is 5.07. The maximum Gasteiger partial charge on any atom is 0.331 e. The molecule has 164 valence electrons. The van der Waals surface area contributed by atoms with Gasteiger partial charge in [-0.1, -0.05) is 6.07 Å². The molecule has 7 nitrogen and oxygen atoms in total. The summed E-state index contributed by atoms with van der Waals surface area (Å²) < 4.78 is 21.1. The van der Waals surface area contributed by atoms with Crippen molar-refractivity contribution in [3.05, 3.63) is 53.1 Å². The minimum Gasteiger partial charge on any atom is -0.496 e. The van der Waals surface area contributed by atoms with Gasteiger partial charge in [-0.3, -0.25) is 4.79 Å². The molecule has 3 rings (SSSR count). The number of aryl methyl sites for hydroxylation is 2. The Hall–Kier alpha value is -3.48. The summed E-state index contributed by atoms with van der Waals surface area (Å²) in [4.78, 5) is 24.6. The van der Waals surface area contributed by atoms with Crippen molar-refractivity contribution in [2.45, 2.75) is 32.3 Å². The molecule has 0 saturated heterocycles. The van der Waals surface area contributed by atoms with Gasteiger partial charge in [0.25, 0.3) is 5.91 Å². The van der Waals surface area contributed by atoms with E-state index in [1.54, 1.807) is 12.1 Å². The van der Waals surface area contributed by atoms with E-state index in [9.17, 15) is 9.59 Å². The molecule has 7 heteroatoms. The van der Waals surface area contributed by atoms with Gasteiger partial charge in [0.2, 0.25) is 0 Å². The van der Waals surface area contributed by atoms with Crippen LogP contribution in [0.1, 0.15) is 30.0 Å². The fraction of sp³-hybridized carbons (Fsp3) is 0.333. The normalized spacial score (nSPS) is 13.4. The van der Waals surface area contributed by atoms with Crippen LogP contribution in [0.25, 0.3) is 6.08 Å². The van der Waals surface area contributed by atoms with Crippen LogP contribution in [0.3, 0.4) is 0 Å². The van der Waals surface area contributed by atoms with Gasteiger partial charge in [-0.05, 0) is 61.6 Å². The first kappa shape index (κ1) is 22.2. The summed E-state index contributed by atoms with van der Waals surface area (Å²) in [5, 5.41) is 2.81. The maximum atomic E-state index is 12.4. The van der Waals surface area contributed by atoms with Crippen LogP contribution in [0.4, 0.5) is 5.69 Å². The second-order valence-corrected chi connectivity index (χ2v) is 7.19. The average molecular weight is 425 g/mol. The van der Waals surface area contributed by atoms with Crippen molar-refractivity contribution in [2.75, 3.05) is 26.6 Å². The third-order valence-corrected chi connectivity index (χ3v) is 5.16. The van der Waals surface area contributed by atoms with E-state index in [0.29, 0.717) is 28.5 Å². The van der Waals surface area contributed by atoms with Crippen LogP contribution in [0.2, 0.25) is 0 Å². The number of hydrogen-bond donors (Lipinski definition) is 1. The van der Waals surface area contributed by atoms with Crippen LogP contribution in [-0.2, 0) is 27.2 Å². The zero-order valence-corrected chi connectivity index (χ0v) is 18.2. The first-order chi connectivity index (χ1) is 14.9. The molecule has 2 aromatic rings. The van der Waals surface area contributed by atoms with Crippen LogP contribution >= 0.6 is 0 Å². The highest BCUT2D eigenvalue weighted by atomic mass is 16.5. The van der Waals surface area contributed by atoms with E-state index in [0.717, 1.165) is 19.3 Å². The first-order valence-electron chi connectivity index (χ1n) is 10.1. The van der Waals surface area contributed by atoms with Crippen molar-refractivity contribution in [1.29, 1.82) is 0 Å². The van der Waals surface area contributed by atoms with Gasteiger partial charge in [0, 0.05) is 23.4 Å². The monoisotopic (exact) mass is 425 g/mol. The Balaban J connectivity index is 1.62. The summed E-state index contributed by atoms with van der Waals surface area (Å²) in [6.45, 7) is 1.53. The summed E-state index contributed by atoms with van der Waals surface area (Å²) in [6, 6.07) is 9.24. The Labute approximate surface area is 181 Å². The van der Waals surface area contributed by atoms with Gasteiger partial charge >= 0.3 is 5.97 Å². The number of nitrogens with one attached hydrogen (secondary N) is 1. The van der Waals surface area contributed by atoms with Gasteiger partial charge in [0.05, 0.1) is 21.3 Å². The largest absolute Gasteiger partial charge is 0.496 e. The van der Waals surface area contributed by atoms with E-state index in [1.165, 1.54) is 51.5 Å². The summed E-state index contributed by atoms with van der Waals surface area (Å²) in [7, 11) is 4.56. The molecule has 1 aliphatic carbocycles. The van der Waals surface area contributed by atoms with Crippen LogP contribution in [-0.4, -0.2) is 39.3 Å². The van der Waals surface area contributed by atoms with E-state index >= 15 is 0 Å². The van der Waals surface area contributed by atoms with Crippen LogP contribution < -0.4 is 19.5 Å². The molecule has 0 unspecified atom stereocenters. The fourth-order valence-corrected chi connectivity index (χ4v) is 3.50. The Kier molecular flexibility index (Phi) is 7.18. The number of rotatable bonds is 8. The minimum absolute atomic E-state index is 0.386. The number of anilines is 1. The maximum absolute atomic E-state index is 12.4. The zero-order valence-electron chi connectivity index (χ0n) is 18.2. The number of carbonyl (C=O) groups excluding carboxylic acids is 2. The quantitative estimate of drug-likeness (QED) is 0.512. The number of ether oxygens (including phenoxy) is 4. The molecule has 0 fully saturated rings. The molecule has 2 aromatic carbocycles. The molecule has 1 N–H and O–H groups in total.